The topological polar surface area (TPSA) is 116 Å². The SMILES string of the molecule is CC1(C)OB(c2ccc(COc3ccc4ccc(=O)oc4c3)cc2)OC1(C)C.CC1(C)OB(c2ccccc2COc2ccc3ccc(=O)oc3c2)OC1(C)C. The molecule has 0 radical (unpaired) electrons. The normalized spacial score (nSPS) is 17.8. The molecule has 0 bridgehead atoms. The summed E-state index contributed by atoms with van der Waals surface area (Å²) in [6.45, 7) is 17.1. The Hall–Kier alpha value is -5.13. The largest absolute Gasteiger partial charge is 0.495 e. The third-order valence-corrected chi connectivity index (χ3v) is 11.1. The van der Waals surface area contributed by atoms with Crippen LogP contribution < -0.4 is 31.7 Å². The molecule has 2 aliphatic heterocycles. The van der Waals surface area contributed by atoms with Crippen molar-refractivity contribution < 1.29 is 36.9 Å². The van der Waals surface area contributed by atoms with Crippen molar-refractivity contribution in [3.8, 4) is 11.5 Å². The van der Waals surface area contributed by atoms with Crippen molar-refractivity contribution in [1.29, 1.82) is 0 Å². The van der Waals surface area contributed by atoms with Gasteiger partial charge in [-0.25, -0.2) is 9.59 Å². The van der Waals surface area contributed by atoms with Crippen molar-refractivity contribution in [1.82, 2.24) is 0 Å². The summed E-state index contributed by atoms with van der Waals surface area (Å²) in [5.74, 6) is 1.28. The molecule has 0 amide bonds. The number of hydrogen-bond donors (Lipinski definition) is 0. The predicted molar refractivity (Wildman–Crippen MR) is 218 cm³/mol. The molecule has 0 saturated carbocycles. The molecule has 2 saturated heterocycles. The Morgan fingerprint density at radius 1 is 0.500 bits per heavy atom. The standard InChI is InChI=1S/2C22H23BO5/c1-21(2)22(3,4)28-23(27-21)17-9-5-15(6-10-17)14-25-18-11-7-16-8-12-20(24)26-19(16)13-18;1-21(2)22(3,4)28-23(27-21)18-8-6-5-7-16(18)14-25-17-11-9-15-10-12-20(24)26-19(15)13-17/h2*5-13H,14H2,1-4H3. The van der Waals surface area contributed by atoms with Crippen LogP contribution in [-0.4, -0.2) is 36.6 Å². The first-order valence-corrected chi connectivity index (χ1v) is 18.7. The van der Waals surface area contributed by atoms with E-state index in [0.717, 1.165) is 32.8 Å². The van der Waals surface area contributed by atoms with E-state index >= 15 is 0 Å². The Bertz CT molecular complexity index is 2440. The highest BCUT2D eigenvalue weighted by Gasteiger charge is 2.53. The molecule has 12 heteroatoms. The first-order valence-electron chi connectivity index (χ1n) is 18.7. The summed E-state index contributed by atoms with van der Waals surface area (Å²) in [5.41, 5.74) is 2.69. The van der Waals surface area contributed by atoms with Crippen LogP contribution in [0.4, 0.5) is 0 Å². The van der Waals surface area contributed by atoms with E-state index < -0.39 is 18.3 Å². The molecule has 6 aromatic rings. The third kappa shape index (κ3) is 8.34. The van der Waals surface area contributed by atoms with Gasteiger partial charge in [0.15, 0.2) is 0 Å². The minimum atomic E-state index is -0.445. The smallest absolute Gasteiger partial charge is 0.489 e. The summed E-state index contributed by atoms with van der Waals surface area (Å²) in [6, 6.07) is 33.1. The molecule has 0 N–H and O–H groups in total. The van der Waals surface area contributed by atoms with E-state index in [9.17, 15) is 9.59 Å². The van der Waals surface area contributed by atoms with Gasteiger partial charge in [0.05, 0.1) is 22.4 Å². The molecule has 0 aliphatic carbocycles. The van der Waals surface area contributed by atoms with Crippen LogP contribution in [0.3, 0.4) is 0 Å². The molecule has 8 rings (SSSR count). The second kappa shape index (κ2) is 15.1. The van der Waals surface area contributed by atoms with Crippen LogP contribution in [0.1, 0.15) is 66.5 Å². The zero-order chi connectivity index (χ0) is 39.9. The molecule has 0 spiro atoms. The van der Waals surface area contributed by atoms with E-state index in [1.165, 1.54) is 12.1 Å². The fourth-order valence-corrected chi connectivity index (χ4v) is 6.21. The van der Waals surface area contributed by atoms with Gasteiger partial charge in [-0.2, -0.15) is 0 Å². The summed E-state index contributed by atoms with van der Waals surface area (Å²) in [5, 5.41) is 1.71. The van der Waals surface area contributed by atoms with Crippen molar-refractivity contribution >= 4 is 47.1 Å². The summed E-state index contributed by atoms with van der Waals surface area (Å²) in [7, 11) is -0.817. The van der Waals surface area contributed by atoms with Gasteiger partial charge in [0.1, 0.15) is 35.9 Å². The van der Waals surface area contributed by atoms with E-state index in [2.05, 4.69) is 0 Å². The Morgan fingerprint density at radius 3 is 1.46 bits per heavy atom. The van der Waals surface area contributed by atoms with Crippen molar-refractivity contribution in [2.75, 3.05) is 0 Å². The number of ether oxygens (including phenoxy) is 2. The number of benzene rings is 4. The summed E-state index contributed by atoms with van der Waals surface area (Å²) >= 11 is 0. The van der Waals surface area contributed by atoms with E-state index in [0.29, 0.717) is 35.9 Å². The molecule has 10 nitrogen and oxygen atoms in total. The van der Waals surface area contributed by atoms with Crippen molar-refractivity contribution in [2.45, 2.75) is 91.0 Å². The maximum absolute atomic E-state index is 11.4. The van der Waals surface area contributed by atoms with Crippen molar-refractivity contribution in [3.05, 3.63) is 141 Å². The fraction of sp³-hybridized carbons (Fsp3) is 0.318. The third-order valence-electron chi connectivity index (χ3n) is 11.1. The van der Waals surface area contributed by atoms with Crippen LogP contribution in [0.15, 0.2) is 128 Å². The first-order chi connectivity index (χ1) is 26.5. The fourth-order valence-electron chi connectivity index (χ4n) is 6.21. The molecular formula is C44H46B2O10. The van der Waals surface area contributed by atoms with Gasteiger partial charge < -0.3 is 36.9 Å². The molecule has 56 heavy (non-hydrogen) atoms. The molecule has 4 heterocycles. The summed E-state index contributed by atoms with van der Waals surface area (Å²) < 4.78 is 46.8. The first kappa shape index (κ1) is 39.1. The Morgan fingerprint density at radius 2 is 0.946 bits per heavy atom. The zero-order valence-electron chi connectivity index (χ0n) is 33.0. The molecule has 0 atom stereocenters. The number of rotatable bonds is 8. The van der Waals surface area contributed by atoms with Gasteiger partial charge in [0, 0.05) is 35.0 Å². The lowest BCUT2D eigenvalue weighted by atomic mass is 9.76. The van der Waals surface area contributed by atoms with Crippen LogP contribution in [0, 0.1) is 0 Å². The molecule has 2 fully saturated rings. The van der Waals surface area contributed by atoms with Crippen molar-refractivity contribution in [3.63, 3.8) is 0 Å². The van der Waals surface area contributed by atoms with Crippen molar-refractivity contribution in [2.24, 2.45) is 0 Å². The molecule has 0 unspecified atom stereocenters. The maximum atomic E-state index is 11.4. The Labute approximate surface area is 326 Å². The maximum Gasteiger partial charge on any atom is 0.495 e. The van der Waals surface area contributed by atoms with Crippen LogP contribution in [0.5, 0.6) is 11.5 Å². The van der Waals surface area contributed by atoms with Crippen LogP contribution in [0.25, 0.3) is 21.9 Å². The average molecular weight is 756 g/mol. The van der Waals surface area contributed by atoms with E-state index in [4.69, 9.17) is 36.9 Å². The predicted octanol–water partition coefficient (Wildman–Crippen LogP) is 7.34. The highest BCUT2D eigenvalue weighted by molar-refractivity contribution is 6.62. The van der Waals surface area contributed by atoms with Gasteiger partial charge in [-0.15, -0.1) is 0 Å². The van der Waals surface area contributed by atoms with Crippen LogP contribution >= 0.6 is 0 Å². The highest BCUT2D eigenvalue weighted by Crippen LogP contribution is 2.38. The molecule has 288 valence electrons. The van der Waals surface area contributed by atoms with Crippen LogP contribution in [0.2, 0.25) is 0 Å². The van der Waals surface area contributed by atoms with E-state index in [1.807, 2.05) is 128 Å². The summed E-state index contributed by atoms with van der Waals surface area (Å²) in [6.07, 6.45) is 0. The lowest BCUT2D eigenvalue weighted by molar-refractivity contribution is 0.00578. The lowest BCUT2D eigenvalue weighted by Gasteiger charge is -2.32. The molecule has 2 aromatic heterocycles. The molecular weight excluding hydrogens is 710 g/mol. The molecule has 4 aromatic carbocycles. The van der Waals surface area contributed by atoms with Gasteiger partial charge in [0.25, 0.3) is 0 Å². The van der Waals surface area contributed by atoms with Gasteiger partial charge in [-0.05, 0) is 114 Å². The second-order valence-corrected chi connectivity index (χ2v) is 16.1. The summed E-state index contributed by atoms with van der Waals surface area (Å²) in [4.78, 5) is 22.8. The minimum Gasteiger partial charge on any atom is -0.489 e. The molecule has 2 aliphatic rings. The minimum absolute atomic E-state index is 0.350. The highest BCUT2D eigenvalue weighted by atomic mass is 16.7. The van der Waals surface area contributed by atoms with Crippen LogP contribution in [-0.2, 0) is 31.8 Å². The Balaban J connectivity index is 0.000000172. The van der Waals surface area contributed by atoms with E-state index in [-0.39, 0.29) is 29.6 Å². The van der Waals surface area contributed by atoms with Gasteiger partial charge >= 0.3 is 25.5 Å². The average Bonchev–Trinajstić information content (AvgIpc) is 3.52. The lowest BCUT2D eigenvalue weighted by Crippen LogP contribution is -2.41. The van der Waals surface area contributed by atoms with Gasteiger partial charge in [-0.1, -0.05) is 48.5 Å². The second-order valence-electron chi connectivity index (χ2n) is 16.1. The number of fused-ring (bicyclic) bond motifs is 2. The van der Waals surface area contributed by atoms with Gasteiger partial charge in [-0.3, -0.25) is 0 Å². The number of hydrogen-bond acceptors (Lipinski definition) is 10. The monoisotopic (exact) mass is 756 g/mol. The quantitative estimate of drug-likeness (QED) is 0.115. The van der Waals surface area contributed by atoms with E-state index in [1.54, 1.807) is 24.3 Å². The Kier molecular flexibility index (Phi) is 10.5. The van der Waals surface area contributed by atoms with Gasteiger partial charge in [0.2, 0.25) is 0 Å². The zero-order valence-corrected chi connectivity index (χ0v) is 33.0.